The van der Waals surface area contributed by atoms with E-state index < -0.39 is 0 Å². The molecule has 2 fully saturated rings. The Labute approximate surface area is 153 Å². The number of amides is 1. The van der Waals surface area contributed by atoms with Crippen molar-refractivity contribution in [1.82, 2.24) is 24.8 Å². The van der Waals surface area contributed by atoms with Gasteiger partial charge in [-0.2, -0.15) is 0 Å². The van der Waals surface area contributed by atoms with Gasteiger partial charge in [-0.15, -0.1) is 0 Å². The number of carbonyl (C=O) groups excluding carboxylic acids is 1. The Balaban J connectivity index is 1.45. The standard InChI is InChI=1S/C19H23N5O2/c25-19(16-13-21-6-7-22-16)23-8-3-17-18(4-9-23)26-11-10-24(17)14-15-2-1-5-20-12-15/h1-2,5-7,12-13,17-18H,3-4,8-11,14H2. The number of rotatable bonds is 3. The Bertz CT molecular complexity index is 727. The Morgan fingerprint density at radius 1 is 1.12 bits per heavy atom. The van der Waals surface area contributed by atoms with Gasteiger partial charge in [0.25, 0.3) is 5.91 Å². The average molecular weight is 353 g/mol. The van der Waals surface area contributed by atoms with Crippen molar-refractivity contribution in [2.45, 2.75) is 31.5 Å². The monoisotopic (exact) mass is 353 g/mol. The molecule has 0 radical (unpaired) electrons. The largest absolute Gasteiger partial charge is 0.375 e. The molecule has 2 aliphatic rings. The minimum absolute atomic E-state index is 0.0458. The molecular formula is C19H23N5O2. The Morgan fingerprint density at radius 2 is 2.00 bits per heavy atom. The highest BCUT2D eigenvalue weighted by atomic mass is 16.5. The van der Waals surface area contributed by atoms with E-state index in [1.54, 1.807) is 18.6 Å². The fourth-order valence-corrected chi connectivity index (χ4v) is 3.86. The number of pyridine rings is 1. The van der Waals surface area contributed by atoms with Crippen molar-refractivity contribution in [3.63, 3.8) is 0 Å². The number of nitrogens with zero attached hydrogens (tertiary/aromatic N) is 5. The third-order valence-corrected chi connectivity index (χ3v) is 5.16. The summed E-state index contributed by atoms with van der Waals surface area (Å²) in [5.41, 5.74) is 1.62. The molecule has 2 atom stereocenters. The summed E-state index contributed by atoms with van der Waals surface area (Å²) in [5.74, 6) is -0.0458. The lowest BCUT2D eigenvalue weighted by molar-refractivity contribution is -0.0746. The summed E-state index contributed by atoms with van der Waals surface area (Å²) in [4.78, 5) is 29.4. The van der Waals surface area contributed by atoms with E-state index in [9.17, 15) is 4.79 Å². The molecule has 4 rings (SSSR count). The predicted octanol–water partition coefficient (Wildman–Crippen LogP) is 1.38. The molecule has 26 heavy (non-hydrogen) atoms. The molecule has 1 amide bonds. The van der Waals surface area contributed by atoms with Gasteiger partial charge in [-0.3, -0.25) is 19.7 Å². The first-order chi connectivity index (χ1) is 12.8. The quantitative estimate of drug-likeness (QED) is 0.830. The molecule has 0 aliphatic carbocycles. The summed E-state index contributed by atoms with van der Waals surface area (Å²) in [6, 6.07) is 4.41. The number of likely N-dealkylation sites (tertiary alicyclic amines) is 1. The number of aromatic nitrogens is 3. The zero-order valence-corrected chi connectivity index (χ0v) is 14.7. The van der Waals surface area contributed by atoms with Crippen LogP contribution in [-0.4, -0.2) is 69.0 Å². The van der Waals surface area contributed by atoms with Gasteiger partial charge < -0.3 is 9.64 Å². The number of hydrogen-bond donors (Lipinski definition) is 0. The molecule has 136 valence electrons. The van der Waals surface area contributed by atoms with E-state index in [1.165, 1.54) is 11.8 Å². The molecule has 2 aliphatic heterocycles. The molecule has 4 heterocycles. The van der Waals surface area contributed by atoms with E-state index in [2.05, 4.69) is 25.9 Å². The van der Waals surface area contributed by atoms with Crippen LogP contribution in [0, 0.1) is 0 Å². The van der Waals surface area contributed by atoms with Crippen LogP contribution in [0.2, 0.25) is 0 Å². The lowest BCUT2D eigenvalue weighted by Crippen LogP contribution is -2.50. The van der Waals surface area contributed by atoms with Crippen LogP contribution < -0.4 is 0 Å². The maximum absolute atomic E-state index is 12.7. The van der Waals surface area contributed by atoms with Crippen LogP contribution in [0.15, 0.2) is 43.1 Å². The number of ether oxygens (including phenoxy) is 1. The van der Waals surface area contributed by atoms with E-state index in [1.807, 2.05) is 17.2 Å². The summed E-state index contributed by atoms with van der Waals surface area (Å²) in [7, 11) is 0. The van der Waals surface area contributed by atoms with Crippen molar-refractivity contribution in [3.8, 4) is 0 Å². The van der Waals surface area contributed by atoms with Crippen molar-refractivity contribution in [1.29, 1.82) is 0 Å². The average Bonchev–Trinajstić information content (AvgIpc) is 2.92. The molecule has 7 nitrogen and oxygen atoms in total. The first-order valence-electron chi connectivity index (χ1n) is 9.11. The molecule has 0 bridgehead atoms. The molecule has 0 N–H and O–H groups in total. The van der Waals surface area contributed by atoms with Gasteiger partial charge in [-0.25, -0.2) is 4.98 Å². The van der Waals surface area contributed by atoms with Gasteiger partial charge in [0.15, 0.2) is 0 Å². The lowest BCUT2D eigenvalue weighted by Gasteiger charge is -2.40. The minimum atomic E-state index is -0.0458. The molecule has 0 aromatic carbocycles. The molecule has 2 unspecified atom stereocenters. The molecular weight excluding hydrogens is 330 g/mol. The highest BCUT2D eigenvalue weighted by Gasteiger charge is 2.35. The normalized spacial score (nSPS) is 23.9. The SMILES string of the molecule is O=C(c1cnccn1)N1CCC2OCCN(Cc3cccnc3)C2CC1. The van der Waals surface area contributed by atoms with Gasteiger partial charge in [0.05, 0.1) is 18.9 Å². The summed E-state index contributed by atoms with van der Waals surface area (Å²) >= 11 is 0. The number of fused-ring (bicyclic) bond motifs is 1. The minimum Gasteiger partial charge on any atom is -0.375 e. The van der Waals surface area contributed by atoms with Crippen LogP contribution in [0.3, 0.4) is 0 Å². The third-order valence-electron chi connectivity index (χ3n) is 5.16. The highest BCUT2D eigenvalue weighted by molar-refractivity contribution is 5.91. The van der Waals surface area contributed by atoms with E-state index >= 15 is 0 Å². The molecule has 7 heteroatoms. The van der Waals surface area contributed by atoms with Gasteiger partial charge >= 0.3 is 0 Å². The lowest BCUT2D eigenvalue weighted by atomic mass is 10.0. The fraction of sp³-hybridized carbons (Fsp3) is 0.474. The molecule has 0 spiro atoms. The zero-order chi connectivity index (χ0) is 17.8. The number of morpholine rings is 1. The van der Waals surface area contributed by atoms with Crippen molar-refractivity contribution in [2.75, 3.05) is 26.2 Å². The summed E-state index contributed by atoms with van der Waals surface area (Å²) in [5, 5.41) is 0. The first-order valence-corrected chi connectivity index (χ1v) is 9.11. The molecule has 0 saturated carbocycles. The topological polar surface area (TPSA) is 71.5 Å². The second kappa shape index (κ2) is 7.88. The number of carbonyl (C=O) groups is 1. The maximum atomic E-state index is 12.7. The van der Waals surface area contributed by atoms with Gasteiger partial charge in [0, 0.05) is 57.0 Å². The summed E-state index contributed by atoms with van der Waals surface area (Å²) < 4.78 is 6.04. The molecule has 2 aromatic heterocycles. The van der Waals surface area contributed by atoms with Gasteiger partial charge in [-0.1, -0.05) is 6.07 Å². The van der Waals surface area contributed by atoms with E-state index in [0.29, 0.717) is 24.8 Å². The third kappa shape index (κ3) is 3.73. The molecule has 2 aromatic rings. The van der Waals surface area contributed by atoms with Crippen LogP contribution in [0.25, 0.3) is 0 Å². The van der Waals surface area contributed by atoms with E-state index in [0.717, 1.165) is 32.5 Å². The van der Waals surface area contributed by atoms with E-state index in [-0.39, 0.29) is 12.0 Å². The maximum Gasteiger partial charge on any atom is 0.274 e. The smallest absolute Gasteiger partial charge is 0.274 e. The Kier molecular flexibility index (Phi) is 5.17. The van der Waals surface area contributed by atoms with Crippen molar-refractivity contribution >= 4 is 5.91 Å². The van der Waals surface area contributed by atoms with Crippen LogP contribution in [0.5, 0.6) is 0 Å². The van der Waals surface area contributed by atoms with Crippen molar-refractivity contribution < 1.29 is 9.53 Å². The highest BCUT2D eigenvalue weighted by Crippen LogP contribution is 2.25. The van der Waals surface area contributed by atoms with Gasteiger partial charge in [-0.05, 0) is 24.5 Å². The van der Waals surface area contributed by atoms with Crippen LogP contribution in [-0.2, 0) is 11.3 Å². The zero-order valence-electron chi connectivity index (χ0n) is 14.7. The van der Waals surface area contributed by atoms with Crippen molar-refractivity contribution in [3.05, 3.63) is 54.4 Å². The van der Waals surface area contributed by atoms with Gasteiger partial charge in [0.1, 0.15) is 5.69 Å². The molecule has 2 saturated heterocycles. The Hall–Kier alpha value is -2.38. The van der Waals surface area contributed by atoms with Gasteiger partial charge in [0.2, 0.25) is 0 Å². The summed E-state index contributed by atoms with van der Waals surface area (Å²) in [6.07, 6.45) is 10.3. The summed E-state index contributed by atoms with van der Waals surface area (Å²) in [6.45, 7) is 3.92. The second-order valence-corrected chi connectivity index (χ2v) is 6.77. The first kappa shape index (κ1) is 17.1. The fourth-order valence-electron chi connectivity index (χ4n) is 3.86. The van der Waals surface area contributed by atoms with Crippen molar-refractivity contribution in [2.24, 2.45) is 0 Å². The van der Waals surface area contributed by atoms with Crippen LogP contribution >= 0.6 is 0 Å². The predicted molar refractivity (Wildman–Crippen MR) is 95.3 cm³/mol. The second-order valence-electron chi connectivity index (χ2n) is 6.77. The van der Waals surface area contributed by atoms with Crippen LogP contribution in [0.4, 0.5) is 0 Å². The van der Waals surface area contributed by atoms with E-state index in [4.69, 9.17) is 4.74 Å². The van der Waals surface area contributed by atoms with Crippen LogP contribution in [0.1, 0.15) is 28.9 Å². The number of hydrogen-bond acceptors (Lipinski definition) is 6. The Morgan fingerprint density at radius 3 is 2.81 bits per heavy atom.